The Kier molecular flexibility index (Phi) is 5.41. The van der Waals surface area contributed by atoms with Crippen LogP contribution in [0.4, 0.5) is 11.9 Å². The Morgan fingerprint density at radius 2 is 2.06 bits per heavy atom. The van der Waals surface area contributed by atoms with Crippen molar-refractivity contribution in [2.24, 2.45) is 0 Å². The van der Waals surface area contributed by atoms with E-state index in [1.807, 2.05) is 0 Å². The van der Waals surface area contributed by atoms with Crippen LogP contribution < -0.4 is 10.6 Å². The first-order valence-corrected chi connectivity index (χ1v) is 5.52. The van der Waals surface area contributed by atoms with Crippen LogP contribution in [0.2, 0.25) is 5.28 Å². The Bertz CT molecular complexity index is 388. The van der Waals surface area contributed by atoms with Gasteiger partial charge in [-0.2, -0.15) is 15.0 Å². The quantitative estimate of drug-likeness (QED) is 0.735. The lowest BCUT2D eigenvalue weighted by atomic mass is 10.4. The third-order valence-electron chi connectivity index (χ3n) is 1.75. The third-order valence-corrected chi connectivity index (χ3v) is 1.92. The largest absolute Gasteiger partial charge is 0.466 e. The molecule has 94 valence electrons. The van der Waals surface area contributed by atoms with E-state index in [2.05, 4.69) is 25.6 Å². The van der Waals surface area contributed by atoms with Gasteiger partial charge in [-0.05, 0) is 18.5 Å². The summed E-state index contributed by atoms with van der Waals surface area (Å²) in [6.07, 6.45) is 0.242. The van der Waals surface area contributed by atoms with Gasteiger partial charge in [0.2, 0.25) is 17.2 Å². The van der Waals surface area contributed by atoms with Gasteiger partial charge in [0.15, 0.2) is 0 Å². The van der Waals surface area contributed by atoms with Crippen molar-refractivity contribution in [1.82, 2.24) is 15.0 Å². The zero-order valence-electron chi connectivity index (χ0n) is 9.66. The first-order chi connectivity index (χ1) is 8.15. The number of hydrogen-bond donors (Lipinski definition) is 2. The molecule has 0 saturated carbocycles. The summed E-state index contributed by atoms with van der Waals surface area (Å²) in [5, 5.41) is 5.70. The lowest BCUT2D eigenvalue weighted by molar-refractivity contribution is -0.142. The van der Waals surface area contributed by atoms with Crippen molar-refractivity contribution in [2.45, 2.75) is 13.3 Å². The van der Waals surface area contributed by atoms with Gasteiger partial charge >= 0.3 is 5.97 Å². The number of hydrogen-bond acceptors (Lipinski definition) is 7. The molecule has 0 spiro atoms. The summed E-state index contributed by atoms with van der Waals surface area (Å²) in [6, 6.07) is 0. The van der Waals surface area contributed by atoms with Crippen LogP contribution in [0.1, 0.15) is 13.3 Å². The highest BCUT2D eigenvalue weighted by atomic mass is 35.5. The van der Waals surface area contributed by atoms with Gasteiger partial charge in [-0.25, -0.2) is 0 Å². The van der Waals surface area contributed by atoms with Crippen LogP contribution in [0, 0.1) is 0 Å². The molecule has 0 atom stereocenters. The van der Waals surface area contributed by atoms with E-state index in [-0.39, 0.29) is 17.7 Å². The number of nitrogens with one attached hydrogen (secondary N) is 2. The molecule has 0 bridgehead atoms. The zero-order chi connectivity index (χ0) is 12.7. The molecule has 0 fully saturated rings. The predicted molar refractivity (Wildman–Crippen MR) is 64.1 cm³/mol. The van der Waals surface area contributed by atoms with E-state index in [0.717, 1.165) is 0 Å². The van der Waals surface area contributed by atoms with Crippen LogP contribution in [-0.4, -0.2) is 41.1 Å². The molecule has 17 heavy (non-hydrogen) atoms. The van der Waals surface area contributed by atoms with Crippen molar-refractivity contribution in [1.29, 1.82) is 0 Å². The van der Waals surface area contributed by atoms with Crippen molar-refractivity contribution >= 4 is 29.5 Å². The second-order valence-electron chi connectivity index (χ2n) is 2.98. The summed E-state index contributed by atoms with van der Waals surface area (Å²) in [5.74, 6) is 0.413. The maximum Gasteiger partial charge on any atom is 0.307 e. The average Bonchev–Trinajstić information content (AvgIpc) is 2.28. The molecule has 0 aliphatic heterocycles. The summed E-state index contributed by atoms with van der Waals surface area (Å²) >= 11 is 5.69. The Hall–Kier alpha value is -1.63. The number of rotatable bonds is 6. The number of aromatic nitrogens is 3. The molecule has 1 heterocycles. The van der Waals surface area contributed by atoms with Gasteiger partial charge in [0, 0.05) is 13.6 Å². The normalized spacial score (nSPS) is 9.82. The fourth-order valence-electron chi connectivity index (χ4n) is 1.05. The van der Waals surface area contributed by atoms with Crippen LogP contribution >= 0.6 is 11.6 Å². The number of carbonyl (C=O) groups is 1. The molecule has 0 aromatic carbocycles. The summed E-state index contributed by atoms with van der Waals surface area (Å²) < 4.78 is 4.78. The monoisotopic (exact) mass is 259 g/mol. The third kappa shape index (κ3) is 4.81. The van der Waals surface area contributed by atoms with Gasteiger partial charge in [-0.3, -0.25) is 4.79 Å². The maximum atomic E-state index is 11.1. The van der Waals surface area contributed by atoms with Gasteiger partial charge < -0.3 is 15.4 Å². The van der Waals surface area contributed by atoms with Crippen molar-refractivity contribution < 1.29 is 9.53 Å². The molecule has 7 nitrogen and oxygen atoms in total. The summed E-state index contributed by atoms with van der Waals surface area (Å²) in [4.78, 5) is 22.8. The molecular formula is C9H14ClN5O2. The SMILES string of the molecule is CCOC(=O)CCNc1nc(Cl)nc(NC)n1. The number of ether oxygens (including phenoxy) is 1. The Morgan fingerprint density at radius 3 is 2.71 bits per heavy atom. The minimum absolute atomic E-state index is 0.0861. The Balaban J connectivity index is 2.46. The summed E-state index contributed by atoms with van der Waals surface area (Å²) in [6.45, 7) is 2.51. The molecule has 0 amide bonds. The topological polar surface area (TPSA) is 89.0 Å². The predicted octanol–water partition coefficient (Wildman–Crippen LogP) is 0.932. The molecule has 1 aromatic rings. The molecule has 0 aliphatic carbocycles. The van der Waals surface area contributed by atoms with Crippen molar-refractivity contribution in [3.8, 4) is 0 Å². The van der Waals surface area contributed by atoms with E-state index in [9.17, 15) is 4.79 Å². The number of anilines is 2. The second-order valence-corrected chi connectivity index (χ2v) is 3.32. The average molecular weight is 260 g/mol. The number of nitrogens with zero attached hydrogens (tertiary/aromatic N) is 3. The van der Waals surface area contributed by atoms with E-state index in [4.69, 9.17) is 16.3 Å². The molecule has 0 saturated heterocycles. The molecule has 0 aliphatic rings. The van der Waals surface area contributed by atoms with E-state index in [1.165, 1.54) is 0 Å². The highest BCUT2D eigenvalue weighted by Gasteiger charge is 2.05. The summed E-state index contributed by atoms with van der Waals surface area (Å²) in [5.41, 5.74) is 0. The number of carbonyl (C=O) groups excluding carboxylic acids is 1. The van der Waals surface area contributed by atoms with Gasteiger partial charge in [0.1, 0.15) is 0 Å². The first-order valence-electron chi connectivity index (χ1n) is 5.14. The fourth-order valence-corrected chi connectivity index (χ4v) is 1.21. The lowest BCUT2D eigenvalue weighted by Crippen LogP contribution is -2.13. The minimum atomic E-state index is -0.269. The molecule has 8 heteroatoms. The molecule has 1 rings (SSSR count). The van der Waals surface area contributed by atoms with Crippen LogP contribution in [0.15, 0.2) is 0 Å². The second kappa shape index (κ2) is 6.85. The van der Waals surface area contributed by atoms with Crippen molar-refractivity contribution in [3.63, 3.8) is 0 Å². The standard InChI is InChI=1S/C9H14ClN5O2/c1-3-17-6(16)4-5-12-9-14-7(10)13-8(11-2)15-9/h3-5H2,1-2H3,(H2,11,12,13,14,15). The number of esters is 1. The smallest absolute Gasteiger partial charge is 0.307 e. The van der Waals surface area contributed by atoms with E-state index in [0.29, 0.717) is 25.0 Å². The Labute approximate surface area is 104 Å². The van der Waals surface area contributed by atoms with Crippen LogP contribution in [0.25, 0.3) is 0 Å². The Morgan fingerprint density at radius 1 is 1.35 bits per heavy atom. The van der Waals surface area contributed by atoms with E-state index >= 15 is 0 Å². The van der Waals surface area contributed by atoms with Crippen molar-refractivity contribution in [3.05, 3.63) is 5.28 Å². The molecule has 0 radical (unpaired) electrons. The first kappa shape index (κ1) is 13.4. The molecule has 2 N–H and O–H groups in total. The molecule has 1 aromatic heterocycles. The zero-order valence-corrected chi connectivity index (χ0v) is 10.4. The van der Waals surface area contributed by atoms with Gasteiger partial charge in [-0.15, -0.1) is 0 Å². The highest BCUT2D eigenvalue weighted by molar-refractivity contribution is 6.28. The molecular weight excluding hydrogens is 246 g/mol. The summed E-state index contributed by atoms with van der Waals surface area (Å²) in [7, 11) is 1.67. The van der Waals surface area contributed by atoms with E-state index in [1.54, 1.807) is 14.0 Å². The van der Waals surface area contributed by atoms with Gasteiger partial charge in [0.25, 0.3) is 0 Å². The minimum Gasteiger partial charge on any atom is -0.466 e. The maximum absolute atomic E-state index is 11.1. The van der Waals surface area contributed by atoms with Crippen LogP contribution in [-0.2, 0) is 9.53 Å². The fraction of sp³-hybridized carbons (Fsp3) is 0.556. The number of halogens is 1. The van der Waals surface area contributed by atoms with Gasteiger partial charge in [0.05, 0.1) is 13.0 Å². The van der Waals surface area contributed by atoms with Crippen molar-refractivity contribution in [2.75, 3.05) is 30.8 Å². The van der Waals surface area contributed by atoms with Gasteiger partial charge in [-0.1, -0.05) is 0 Å². The molecule has 0 unspecified atom stereocenters. The lowest BCUT2D eigenvalue weighted by Gasteiger charge is -2.06. The van der Waals surface area contributed by atoms with Crippen LogP contribution in [0.3, 0.4) is 0 Å². The highest BCUT2D eigenvalue weighted by Crippen LogP contribution is 2.08. The van der Waals surface area contributed by atoms with Crippen LogP contribution in [0.5, 0.6) is 0 Å². The van der Waals surface area contributed by atoms with E-state index < -0.39 is 0 Å².